The molecular formula is C2H6KOP. The molecule has 0 aromatic heterocycles. The molecule has 0 saturated heterocycles. The summed E-state index contributed by atoms with van der Waals surface area (Å²) in [6.45, 7) is 3.65. The molecule has 0 saturated carbocycles. The molecule has 0 aromatic rings. The van der Waals surface area contributed by atoms with Crippen LogP contribution >= 0.6 is 0.225 Å². The Morgan fingerprint density at radius 3 is 1.60 bits per heavy atom. The van der Waals surface area contributed by atoms with Crippen LogP contribution in [0, 0.1) is 0 Å². The fraction of sp³-hybridized carbons (Fsp3) is 1.00. The summed E-state index contributed by atoms with van der Waals surface area (Å²) in [7, 11) is 0. The van der Waals surface area contributed by atoms with Crippen molar-refractivity contribution < 1.29 is 4.57 Å². The van der Waals surface area contributed by atoms with E-state index in [9.17, 15) is 4.57 Å². The molecule has 0 heterocycles. The van der Waals surface area contributed by atoms with Crippen molar-refractivity contribution in [1.82, 2.24) is 0 Å². The van der Waals surface area contributed by atoms with E-state index >= 15 is 0 Å². The van der Waals surface area contributed by atoms with Crippen molar-refractivity contribution in [3.8, 4) is 0 Å². The van der Waals surface area contributed by atoms with Gasteiger partial charge >= 0.3 is 66.2 Å². The van der Waals surface area contributed by atoms with E-state index in [1.54, 1.807) is 0 Å². The first kappa shape index (κ1) is 6.87. The van der Waals surface area contributed by atoms with E-state index in [0.717, 1.165) is 0 Å². The minimum atomic E-state index is -1.45. The van der Waals surface area contributed by atoms with Crippen LogP contribution in [0.2, 0.25) is 0 Å². The Hall–Kier alpha value is 1.87. The SMILES string of the molecule is C[P](C)(=O)[K]. The van der Waals surface area contributed by atoms with Gasteiger partial charge in [-0.15, -0.1) is 0 Å². The molecule has 0 fully saturated rings. The standard InChI is InChI=1S/C2H6OP.K/c1-4(2)3;/h1-2H3;/q+1;-1. The van der Waals surface area contributed by atoms with Gasteiger partial charge in [0.25, 0.3) is 0 Å². The number of hydrogen-bond donors (Lipinski definition) is 0. The molecule has 3 heteroatoms. The Labute approximate surface area is 64.8 Å². The predicted molar refractivity (Wildman–Crippen MR) is 25.2 cm³/mol. The van der Waals surface area contributed by atoms with Crippen molar-refractivity contribution in [2.75, 3.05) is 13.3 Å². The number of hydrogen-bond acceptors (Lipinski definition) is 1. The number of rotatable bonds is 0. The van der Waals surface area contributed by atoms with Gasteiger partial charge in [-0.25, -0.2) is 0 Å². The van der Waals surface area contributed by atoms with Crippen molar-refractivity contribution >= 4 is 48.3 Å². The van der Waals surface area contributed by atoms with Gasteiger partial charge in [0.05, 0.1) is 0 Å². The summed E-state index contributed by atoms with van der Waals surface area (Å²) in [6.07, 6.45) is 0. The summed E-state index contributed by atoms with van der Waals surface area (Å²) < 4.78 is 8.85. The summed E-state index contributed by atoms with van der Waals surface area (Å²) >= 11 is 0.556. The summed E-state index contributed by atoms with van der Waals surface area (Å²) in [5.74, 6) is 0. The fourth-order valence-electron chi connectivity index (χ4n) is 0. The van der Waals surface area contributed by atoms with Crippen LogP contribution in [-0.4, -0.2) is 61.4 Å². The topological polar surface area (TPSA) is 17.1 Å². The van der Waals surface area contributed by atoms with E-state index in [0.29, 0.717) is 48.1 Å². The van der Waals surface area contributed by atoms with Crippen LogP contribution in [0.3, 0.4) is 0 Å². The molecule has 5 heavy (non-hydrogen) atoms. The van der Waals surface area contributed by atoms with E-state index < -0.39 is 0.225 Å². The molecule has 0 aliphatic heterocycles. The molecule has 1 nitrogen and oxygen atoms in total. The summed E-state index contributed by atoms with van der Waals surface area (Å²) in [5.41, 5.74) is 0. The van der Waals surface area contributed by atoms with Crippen LogP contribution in [-0.2, 0) is 4.57 Å². The van der Waals surface area contributed by atoms with E-state index in [1.165, 1.54) is 0 Å². The van der Waals surface area contributed by atoms with Gasteiger partial charge in [-0.2, -0.15) is 0 Å². The summed E-state index contributed by atoms with van der Waals surface area (Å²) in [5, 5.41) is 0. The zero-order chi connectivity index (χ0) is 4.50. The third-order valence-corrected chi connectivity index (χ3v) is 0. The Morgan fingerprint density at radius 1 is 1.60 bits per heavy atom. The molecule has 0 amide bonds. The zero-order valence-electron chi connectivity index (χ0n) is 3.86. The van der Waals surface area contributed by atoms with Crippen LogP contribution in [0.25, 0.3) is 0 Å². The maximum atomic E-state index is 10.3. The molecule has 0 rings (SSSR count). The second-order valence-corrected chi connectivity index (χ2v) is 15.8. The van der Waals surface area contributed by atoms with Gasteiger partial charge in [0.1, 0.15) is 0 Å². The first-order valence-corrected chi connectivity index (χ1v) is 8.76. The van der Waals surface area contributed by atoms with Crippen LogP contribution < -0.4 is 0 Å². The van der Waals surface area contributed by atoms with Crippen molar-refractivity contribution in [3.63, 3.8) is 0 Å². The fourth-order valence-corrected chi connectivity index (χ4v) is 0. The molecule has 0 aliphatic rings. The summed E-state index contributed by atoms with van der Waals surface area (Å²) in [6, 6.07) is 0. The van der Waals surface area contributed by atoms with Crippen LogP contribution in [0.4, 0.5) is 0 Å². The van der Waals surface area contributed by atoms with Crippen LogP contribution in [0.15, 0.2) is 0 Å². The molecule has 0 atom stereocenters. The molecular weight excluding hydrogens is 110 g/mol. The molecule has 0 bridgehead atoms. The maximum absolute atomic E-state index is 10.3. The first-order valence-electron chi connectivity index (χ1n) is 1.52. The quantitative estimate of drug-likeness (QED) is 0.336. The first-order chi connectivity index (χ1) is 2.00. The van der Waals surface area contributed by atoms with E-state index in [4.69, 9.17) is 0 Å². The minimum absolute atomic E-state index is 0.556. The second kappa shape index (κ2) is 2.25. The molecule has 0 radical (unpaired) electrons. The average Bonchev–Trinajstić information content (AvgIpc) is 0.722. The van der Waals surface area contributed by atoms with E-state index in [1.807, 2.05) is 13.3 Å². The van der Waals surface area contributed by atoms with Crippen LogP contribution in [0.1, 0.15) is 0 Å². The van der Waals surface area contributed by atoms with Crippen LogP contribution in [0.5, 0.6) is 0 Å². The van der Waals surface area contributed by atoms with Gasteiger partial charge in [0.2, 0.25) is 0 Å². The van der Waals surface area contributed by atoms with E-state index in [2.05, 4.69) is 0 Å². The Kier molecular flexibility index (Phi) is 3.08. The zero-order valence-corrected chi connectivity index (χ0v) is 7.87. The molecule has 0 unspecified atom stereocenters. The Morgan fingerprint density at radius 2 is 1.60 bits per heavy atom. The van der Waals surface area contributed by atoms with Gasteiger partial charge in [0.15, 0.2) is 0 Å². The second-order valence-electron chi connectivity index (χ2n) is 1.89. The molecule has 0 aliphatic carbocycles. The van der Waals surface area contributed by atoms with Gasteiger partial charge in [0, 0.05) is 0 Å². The normalized spacial score (nSPS) is 12.0. The third kappa shape index (κ3) is 25.2. The van der Waals surface area contributed by atoms with Gasteiger partial charge in [-0.1, -0.05) is 0 Å². The van der Waals surface area contributed by atoms with Crippen molar-refractivity contribution in [2.45, 2.75) is 0 Å². The predicted octanol–water partition coefficient (Wildman–Crippen LogP) is 0.693. The average molecular weight is 116 g/mol. The Balaban J connectivity index is 3.47. The monoisotopic (exact) mass is 116 g/mol. The third-order valence-electron chi connectivity index (χ3n) is 0. The van der Waals surface area contributed by atoms with Crippen molar-refractivity contribution in [1.29, 1.82) is 0 Å². The molecule has 0 aromatic carbocycles. The molecule has 0 N–H and O–H groups in total. The molecule has 26 valence electrons. The van der Waals surface area contributed by atoms with Gasteiger partial charge < -0.3 is 0 Å². The van der Waals surface area contributed by atoms with E-state index in [-0.39, 0.29) is 0 Å². The van der Waals surface area contributed by atoms with Gasteiger partial charge in [-0.05, 0) is 0 Å². The van der Waals surface area contributed by atoms with Crippen molar-refractivity contribution in [2.24, 2.45) is 0 Å². The Bertz CT molecular complexity index is 55.8. The summed E-state index contributed by atoms with van der Waals surface area (Å²) in [4.78, 5) is 0. The van der Waals surface area contributed by atoms with Gasteiger partial charge in [-0.3, -0.25) is 0 Å². The molecule has 0 spiro atoms. The van der Waals surface area contributed by atoms with Crippen molar-refractivity contribution in [3.05, 3.63) is 0 Å².